The number of para-hydroxylation sites is 1. The SMILES string of the molecule is COc1cccc(C=NNC(=O)CC(=O)Nc2cccc(Cl)c2Cl)c1O. The van der Waals surface area contributed by atoms with Crippen molar-refractivity contribution in [2.24, 2.45) is 5.10 Å². The highest BCUT2D eigenvalue weighted by atomic mass is 35.5. The monoisotopic (exact) mass is 395 g/mol. The number of nitrogens with one attached hydrogen (secondary N) is 2. The Balaban J connectivity index is 1.90. The summed E-state index contributed by atoms with van der Waals surface area (Å²) in [6, 6.07) is 9.58. The molecule has 0 spiro atoms. The number of hydrazone groups is 1. The first-order chi connectivity index (χ1) is 12.4. The second-order valence-corrected chi connectivity index (χ2v) is 5.80. The maximum absolute atomic E-state index is 11.9. The number of carbonyl (C=O) groups is 2. The summed E-state index contributed by atoms with van der Waals surface area (Å²) in [5.41, 5.74) is 2.85. The summed E-state index contributed by atoms with van der Waals surface area (Å²) < 4.78 is 4.97. The third-order valence-electron chi connectivity index (χ3n) is 3.19. The lowest BCUT2D eigenvalue weighted by Gasteiger charge is -2.07. The van der Waals surface area contributed by atoms with Crippen LogP contribution in [0.25, 0.3) is 0 Å². The molecule has 7 nitrogen and oxygen atoms in total. The first-order valence-electron chi connectivity index (χ1n) is 7.34. The van der Waals surface area contributed by atoms with Crippen LogP contribution >= 0.6 is 23.2 Å². The van der Waals surface area contributed by atoms with Crippen LogP contribution in [0.4, 0.5) is 5.69 Å². The number of ether oxygens (including phenoxy) is 1. The minimum atomic E-state index is -0.640. The molecule has 0 bridgehead atoms. The zero-order valence-corrected chi connectivity index (χ0v) is 15.1. The van der Waals surface area contributed by atoms with Gasteiger partial charge in [0.05, 0.1) is 29.1 Å². The van der Waals surface area contributed by atoms with Gasteiger partial charge in [-0.15, -0.1) is 0 Å². The molecule has 3 N–H and O–H groups in total. The van der Waals surface area contributed by atoms with Crippen molar-refractivity contribution in [3.8, 4) is 11.5 Å². The van der Waals surface area contributed by atoms with Crippen LogP contribution < -0.4 is 15.5 Å². The van der Waals surface area contributed by atoms with Crippen LogP contribution in [0, 0.1) is 0 Å². The van der Waals surface area contributed by atoms with Crippen molar-refractivity contribution in [3.05, 3.63) is 52.0 Å². The van der Waals surface area contributed by atoms with E-state index in [9.17, 15) is 14.7 Å². The summed E-state index contributed by atoms with van der Waals surface area (Å²) in [6.45, 7) is 0. The van der Waals surface area contributed by atoms with Crippen LogP contribution in [-0.4, -0.2) is 30.2 Å². The number of benzene rings is 2. The Bertz CT molecular complexity index is 856. The lowest BCUT2D eigenvalue weighted by molar-refractivity contribution is -0.126. The highest BCUT2D eigenvalue weighted by Crippen LogP contribution is 2.29. The molecule has 0 atom stereocenters. The molecule has 136 valence electrons. The van der Waals surface area contributed by atoms with Crippen molar-refractivity contribution in [1.82, 2.24) is 5.43 Å². The Morgan fingerprint density at radius 3 is 2.65 bits per heavy atom. The summed E-state index contributed by atoms with van der Waals surface area (Å²) in [6.07, 6.45) is 0.770. The van der Waals surface area contributed by atoms with Gasteiger partial charge in [0.1, 0.15) is 6.42 Å². The molecular formula is C17H15Cl2N3O4. The summed E-state index contributed by atoms with van der Waals surface area (Å²) in [5.74, 6) is -1.05. The molecule has 0 radical (unpaired) electrons. The number of anilines is 1. The van der Waals surface area contributed by atoms with Crippen LogP contribution in [0.1, 0.15) is 12.0 Å². The largest absolute Gasteiger partial charge is 0.504 e. The second kappa shape index (κ2) is 9.07. The first kappa shape index (κ1) is 19.6. The first-order valence-corrected chi connectivity index (χ1v) is 8.09. The highest BCUT2D eigenvalue weighted by molar-refractivity contribution is 6.44. The summed E-state index contributed by atoms with van der Waals surface area (Å²) >= 11 is 11.8. The van der Waals surface area contributed by atoms with Gasteiger partial charge in [-0.3, -0.25) is 9.59 Å². The molecule has 0 fully saturated rings. The predicted molar refractivity (Wildman–Crippen MR) is 100 cm³/mol. The molecule has 9 heteroatoms. The molecule has 0 saturated heterocycles. The summed E-state index contributed by atoms with van der Waals surface area (Å²) in [5, 5.41) is 16.6. The van der Waals surface area contributed by atoms with Gasteiger partial charge in [-0.25, -0.2) is 5.43 Å². The van der Waals surface area contributed by atoms with E-state index in [1.54, 1.807) is 36.4 Å². The number of nitrogens with zero attached hydrogens (tertiary/aromatic N) is 1. The normalized spacial score (nSPS) is 10.6. The molecule has 26 heavy (non-hydrogen) atoms. The Morgan fingerprint density at radius 2 is 1.92 bits per heavy atom. The van der Waals surface area contributed by atoms with Crippen molar-refractivity contribution < 1.29 is 19.4 Å². The number of carbonyl (C=O) groups excluding carboxylic acids is 2. The lowest BCUT2D eigenvalue weighted by Crippen LogP contribution is -2.24. The van der Waals surface area contributed by atoms with E-state index >= 15 is 0 Å². The number of methoxy groups -OCH3 is 1. The van der Waals surface area contributed by atoms with Crippen molar-refractivity contribution in [1.29, 1.82) is 0 Å². The molecule has 0 heterocycles. The Labute approximate surface area is 159 Å². The van der Waals surface area contributed by atoms with Crippen molar-refractivity contribution >= 4 is 46.9 Å². The Kier molecular flexibility index (Phi) is 6.82. The quantitative estimate of drug-likeness (QED) is 0.397. The number of amides is 2. The zero-order chi connectivity index (χ0) is 19.1. The van der Waals surface area contributed by atoms with Crippen LogP contribution in [0.3, 0.4) is 0 Å². The summed E-state index contributed by atoms with van der Waals surface area (Å²) in [7, 11) is 1.42. The average Bonchev–Trinajstić information content (AvgIpc) is 2.60. The van der Waals surface area contributed by atoms with Gasteiger partial charge < -0.3 is 15.2 Å². The minimum absolute atomic E-state index is 0.110. The Morgan fingerprint density at radius 1 is 1.19 bits per heavy atom. The van der Waals surface area contributed by atoms with Crippen LogP contribution in [-0.2, 0) is 9.59 Å². The molecule has 2 amide bonds. The standard InChI is InChI=1S/C17H15Cl2N3O4/c1-26-13-7-2-4-10(17(13)25)9-20-22-15(24)8-14(23)21-12-6-3-5-11(18)16(12)19/h2-7,9,25H,8H2,1H3,(H,21,23)(H,22,24). The van der Waals surface area contributed by atoms with E-state index in [4.69, 9.17) is 27.9 Å². The number of aromatic hydroxyl groups is 1. The number of hydrogen-bond acceptors (Lipinski definition) is 5. The number of rotatable bonds is 6. The van der Waals surface area contributed by atoms with Crippen molar-refractivity contribution in [2.45, 2.75) is 6.42 Å². The molecule has 0 unspecified atom stereocenters. The third-order valence-corrected chi connectivity index (χ3v) is 4.01. The summed E-state index contributed by atoms with van der Waals surface area (Å²) in [4.78, 5) is 23.6. The van der Waals surface area contributed by atoms with E-state index in [2.05, 4.69) is 15.8 Å². The van der Waals surface area contributed by atoms with Gasteiger partial charge in [0.25, 0.3) is 0 Å². The van der Waals surface area contributed by atoms with Gasteiger partial charge in [0.15, 0.2) is 11.5 Å². The van der Waals surface area contributed by atoms with Gasteiger partial charge in [-0.05, 0) is 24.3 Å². The molecule has 2 aromatic carbocycles. The van der Waals surface area contributed by atoms with Gasteiger partial charge in [-0.1, -0.05) is 35.3 Å². The number of hydrogen-bond donors (Lipinski definition) is 3. The van der Waals surface area contributed by atoms with Crippen LogP contribution in [0.2, 0.25) is 10.0 Å². The molecule has 2 rings (SSSR count). The molecule has 0 aromatic heterocycles. The maximum Gasteiger partial charge on any atom is 0.249 e. The van der Waals surface area contributed by atoms with Gasteiger partial charge >= 0.3 is 0 Å². The van der Waals surface area contributed by atoms with Crippen molar-refractivity contribution in [3.63, 3.8) is 0 Å². The lowest BCUT2D eigenvalue weighted by atomic mass is 10.2. The fourth-order valence-electron chi connectivity index (χ4n) is 1.96. The predicted octanol–water partition coefficient (Wildman–Crippen LogP) is 3.19. The third kappa shape index (κ3) is 5.11. The van der Waals surface area contributed by atoms with Gasteiger partial charge in [0, 0.05) is 5.56 Å². The molecule has 0 saturated carbocycles. The fraction of sp³-hybridized carbons (Fsp3) is 0.118. The van der Waals surface area contributed by atoms with Crippen LogP contribution in [0.5, 0.6) is 11.5 Å². The zero-order valence-electron chi connectivity index (χ0n) is 13.6. The fourth-order valence-corrected chi connectivity index (χ4v) is 2.31. The van der Waals surface area contributed by atoms with E-state index < -0.39 is 18.2 Å². The van der Waals surface area contributed by atoms with E-state index in [1.165, 1.54) is 13.3 Å². The Hall–Kier alpha value is -2.77. The minimum Gasteiger partial charge on any atom is -0.504 e. The average molecular weight is 396 g/mol. The van der Waals surface area contributed by atoms with E-state index in [1.807, 2.05) is 0 Å². The van der Waals surface area contributed by atoms with Crippen molar-refractivity contribution in [2.75, 3.05) is 12.4 Å². The number of phenolic OH excluding ortho intramolecular Hbond substituents is 1. The van der Waals surface area contributed by atoms with E-state index in [-0.39, 0.29) is 21.5 Å². The molecule has 0 aliphatic heterocycles. The van der Waals surface area contributed by atoms with Gasteiger partial charge in [-0.2, -0.15) is 5.10 Å². The molecule has 2 aromatic rings. The highest BCUT2D eigenvalue weighted by Gasteiger charge is 2.12. The smallest absolute Gasteiger partial charge is 0.249 e. The molecular weight excluding hydrogens is 381 g/mol. The topological polar surface area (TPSA) is 100 Å². The second-order valence-electron chi connectivity index (χ2n) is 5.02. The van der Waals surface area contributed by atoms with E-state index in [0.29, 0.717) is 11.3 Å². The molecule has 0 aliphatic carbocycles. The molecule has 0 aliphatic rings. The maximum atomic E-state index is 11.9. The number of phenols is 1. The van der Waals surface area contributed by atoms with Crippen LogP contribution in [0.15, 0.2) is 41.5 Å². The van der Waals surface area contributed by atoms with Gasteiger partial charge in [0.2, 0.25) is 11.8 Å². The number of halogens is 2. The van der Waals surface area contributed by atoms with E-state index in [0.717, 1.165) is 0 Å².